The van der Waals surface area contributed by atoms with Gasteiger partial charge in [-0.25, -0.2) is 4.79 Å². The lowest BCUT2D eigenvalue weighted by Gasteiger charge is -2.39. The number of halogens is 1. The highest BCUT2D eigenvalue weighted by molar-refractivity contribution is 9.10. The van der Waals surface area contributed by atoms with E-state index in [4.69, 9.17) is 0 Å². The number of para-hydroxylation sites is 1. The SMILES string of the molecule is CC(C)CC1C(c2ccccc2)C(C(=O)c2ccccc2)C2(C(=O)Nc3ccc(Br)cc32)N1C(=O)Nc1ccccc1. The van der Waals surface area contributed by atoms with Gasteiger partial charge in [0.05, 0.1) is 5.92 Å². The number of nitrogens with zero attached hydrogens (tertiary/aromatic N) is 1. The monoisotopic (exact) mass is 621 g/mol. The van der Waals surface area contributed by atoms with Gasteiger partial charge >= 0.3 is 6.03 Å². The number of hydrogen-bond acceptors (Lipinski definition) is 3. The van der Waals surface area contributed by atoms with Gasteiger partial charge in [-0.05, 0) is 48.2 Å². The molecule has 4 atom stereocenters. The molecule has 3 amide bonds. The van der Waals surface area contributed by atoms with Gasteiger partial charge in [0.2, 0.25) is 0 Å². The first-order valence-electron chi connectivity index (χ1n) is 14.2. The summed E-state index contributed by atoms with van der Waals surface area (Å²) in [6, 6.07) is 32.9. The summed E-state index contributed by atoms with van der Waals surface area (Å²) in [4.78, 5) is 45.7. The number of urea groups is 1. The number of hydrogen-bond donors (Lipinski definition) is 2. The first-order chi connectivity index (χ1) is 20.3. The summed E-state index contributed by atoms with van der Waals surface area (Å²) in [6.07, 6.45) is 0.596. The number of nitrogens with one attached hydrogen (secondary N) is 2. The van der Waals surface area contributed by atoms with Gasteiger partial charge in [-0.2, -0.15) is 0 Å². The van der Waals surface area contributed by atoms with Gasteiger partial charge < -0.3 is 15.5 Å². The van der Waals surface area contributed by atoms with Gasteiger partial charge in [-0.3, -0.25) is 9.59 Å². The summed E-state index contributed by atoms with van der Waals surface area (Å²) < 4.78 is 0.759. The van der Waals surface area contributed by atoms with Gasteiger partial charge in [-0.1, -0.05) is 109 Å². The molecule has 6 rings (SSSR count). The number of rotatable bonds is 6. The minimum absolute atomic E-state index is 0.170. The third-order valence-electron chi connectivity index (χ3n) is 8.40. The van der Waals surface area contributed by atoms with E-state index in [0.717, 1.165) is 10.0 Å². The van der Waals surface area contributed by atoms with Crippen molar-refractivity contribution >= 4 is 45.0 Å². The second-order valence-electron chi connectivity index (χ2n) is 11.4. The molecule has 0 radical (unpaired) electrons. The number of Topliss-reactive ketones (excluding diaryl/α,β-unsaturated/α-hetero) is 1. The molecule has 1 spiro atoms. The number of likely N-dealkylation sites (tertiary alicyclic amines) is 1. The van der Waals surface area contributed by atoms with Crippen molar-refractivity contribution in [2.75, 3.05) is 10.6 Å². The fourth-order valence-corrected chi connectivity index (χ4v) is 7.22. The summed E-state index contributed by atoms with van der Waals surface area (Å²) in [5, 5.41) is 6.11. The predicted octanol–water partition coefficient (Wildman–Crippen LogP) is 7.84. The highest BCUT2D eigenvalue weighted by Gasteiger charge is 2.70. The fourth-order valence-electron chi connectivity index (χ4n) is 6.86. The van der Waals surface area contributed by atoms with Gasteiger partial charge in [0.1, 0.15) is 0 Å². The van der Waals surface area contributed by atoms with Crippen molar-refractivity contribution in [3.8, 4) is 0 Å². The Hall–Kier alpha value is -4.23. The number of carbonyl (C=O) groups excluding carboxylic acids is 3. The Morgan fingerprint density at radius 1 is 0.905 bits per heavy atom. The average Bonchev–Trinajstić information content (AvgIpc) is 3.45. The maximum Gasteiger partial charge on any atom is 0.323 e. The number of amides is 3. The lowest BCUT2D eigenvalue weighted by molar-refractivity contribution is -0.126. The van der Waals surface area contributed by atoms with Crippen molar-refractivity contribution in [1.29, 1.82) is 0 Å². The van der Waals surface area contributed by atoms with Crippen LogP contribution in [0.1, 0.15) is 47.7 Å². The molecule has 1 saturated heterocycles. The van der Waals surface area contributed by atoms with E-state index in [1.165, 1.54) is 0 Å². The van der Waals surface area contributed by atoms with Crippen molar-refractivity contribution < 1.29 is 14.4 Å². The highest BCUT2D eigenvalue weighted by atomic mass is 79.9. The first kappa shape index (κ1) is 27.9. The normalized spacial score (nSPS) is 22.7. The van der Waals surface area contributed by atoms with Crippen LogP contribution in [-0.4, -0.2) is 28.7 Å². The summed E-state index contributed by atoms with van der Waals surface area (Å²) in [7, 11) is 0. The lowest BCUT2D eigenvalue weighted by atomic mass is 9.69. The van der Waals surface area contributed by atoms with E-state index in [-0.39, 0.29) is 17.6 Å². The zero-order chi connectivity index (χ0) is 29.4. The molecule has 4 aromatic rings. The Bertz CT molecular complexity index is 1630. The molecule has 4 unspecified atom stereocenters. The second kappa shape index (κ2) is 11.2. The van der Waals surface area contributed by atoms with Crippen LogP contribution in [-0.2, 0) is 10.3 Å². The Balaban J connectivity index is 1.66. The van der Waals surface area contributed by atoms with Crippen molar-refractivity contribution in [2.24, 2.45) is 11.8 Å². The third-order valence-corrected chi connectivity index (χ3v) is 8.90. The summed E-state index contributed by atoms with van der Waals surface area (Å²) >= 11 is 3.60. The highest BCUT2D eigenvalue weighted by Crippen LogP contribution is 2.60. The molecule has 7 heteroatoms. The zero-order valence-corrected chi connectivity index (χ0v) is 25.0. The molecule has 42 heavy (non-hydrogen) atoms. The minimum atomic E-state index is -1.59. The van der Waals surface area contributed by atoms with Crippen LogP contribution >= 0.6 is 15.9 Å². The number of anilines is 2. The molecular weight excluding hydrogens is 590 g/mol. The smallest absolute Gasteiger partial charge is 0.323 e. The van der Waals surface area contributed by atoms with E-state index in [1.54, 1.807) is 17.0 Å². The van der Waals surface area contributed by atoms with Crippen molar-refractivity contribution in [1.82, 2.24) is 4.90 Å². The third kappa shape index (κ3) is 4.62. The molecule has 4 aromatic carbocycles. The van der Waals surface area contributed by atoms with Crippen LogP contribution in [0.25, 0.3) is 0 Å². The first-order valence-corrected chi connectivity index (χ1v) is 15.0. The molecule has 1 fully saturated rings. The average molecular weight is 623 g/mol. The summed E-state index contributed by atoms with van der Waals surface area (Å²) in [6.45, 7) is 4.21. The van der Waals surface area contributed by atoms with E-state index in [9.17, 15) is 14.4 Å². The Labute approximate surface area is 254 Å². The fraction of sp³-hybridized carbons (Fsp3) is 0.229. The van der Waals surface area contributed by atoms with Crippen molar-refractivity contribution in [2.45, 2.75) is 37.8 Å². The van der Waals surface area contributed by atoms with E-state index in [0.29, 0.717) is 28.9 Å². The van der Waals surface area contributed by atoms with E-state index >= 15 is 0 Å². The van der Waals surface area contributed by atoms with E-state index in [1.807, 2.05) is 97.1 Å². The van der Waals surface area contributed by atoms with Crippen LogP contribution in [0.3, 0.4) is 0 Å². The largest absolute Gasteiger partial charge is 0.323 e. The van der Waals surface area contributed by atoms with Gasteiger partial charge in [-0.15, -0.1) is 0 Å². The quantitative estimate of drug-likeness (QED) is 0.215. The number of benzene rings is 4. The molecule has 2 N–H and O–H groups in total. The molecular formula is C35H32BrN3O3. The number of ketones is 1. The Kier molecular flexibility index (Phi) is 7.45. The van der Waals surface area contributed by atoms with E-state index in [2.05, 4.69) is 40.4 Å². The molecule has 212 valence electrons. The van der Waals surface area contributed by atoms with Crippen LogP contribution in [0.4, 0.5) is 16.2 Å². The maximum atomic E-state index is 14.8. The molecule has 2 heterocycles. The maximum absolute atomic E-state index is 14.8. The number of carbonyl (C=O) groups is 3. The predicted molar refractivity (Wildman–Crippen MR) is 168 cm³/mol. The Morgan fingerprint density at radius 3 is 2.17 bits per heavy atom. The lowest BCUT2D eigenvalue weighted by Crippen LogP contribution is -2.57. The molecule has 0 aliphatic carbocycles. The summed E-state index contributed by atoms with van der Waals surface area (Å²) in [5.41, 5.74) is 1.67. The minimum Gasteiger partial charge on any atom is -0.323 e. The van der Waals surface area contributed by atoms with Crippen molar-refractivity contribution in [3.05, 3.63) is 130 Å². The van der Waals surface area contributed by atoms with Crippen LogP contribution in [0.2, 0.25) is 0 Å². The molecule has 6 nitrogen and oxygen atoms in total. The Morgan fingerprint density at radius 2 is 1.52 bits per heavy atom. The van der Waals surface area contributed by atoms with Crippen LogP contribution in [0, 0.1) is 11.8 Å². The topological polar surface area (TPSA) is 78.5 Å². The molecule has 2 aliphatic rings. The molecule has 0 saturated carbocycles. The standard InChI is InChI=1S/C35H32BrN3O3/c1-22(2)20-29-30(23-12-6-3-7-13-23)31(32(40)24-14-8-4-9-15-24)35(27-21-25(36)18-19-28(27)38-33(35)41)39(29)34(42)37-26-16-10-5-11-17-26/h3-19,21-22,29-31H,20H2,1-2H3,(H,37,42)(H,38,41). The van der Waals surface area contributed by atoms with Gasteiger partial charge in [0.25, 0.3) is 5.91 Å². The van der Waals surface area contributed by atoms with E-state index < -0.39 is 29.4 Å². The van der Waals surface area contributed by atoms with Crippen LogP contribution in [0.5, 0.6) is 0 Å². The molecule has 0 bridgehead atoms. The second-order valence-corrected chi connectivity index (χ2v) is 12.3. The number of fused-ring (bicyclic) bond motifs is 2. The molecule has 0 aromatic heterocycles. The zero-order valence-electron chi connectivity index (χ0n) is 23.5. The van der Waals surface area contributed by atoms with Crippen LogP contribution in [0.15, 0.2) is 114 Å². The van der Waals surface area contributed by atoms with Crippen molar-refractivity contribution in [3.63, 3.8) is 0 Å². The summed E-state index contributed by atoms with van der Waals surface area (Å²) in [5.74, 6) is -1.69. The van der Waals surface area contributed by atoms with Gasteiger partial charge in [0, 0.05) is 38.9 Å². The van der Waals surface area contributed by atoms with Gasteiger partial charge in [0.15, 0.2) is 11.3 Å². The van der Waals surface area contributed by atoms with Crippen LogP contribution < -0.4 is 10.6 Å². The molecule has 2 aliphatic heterocycles.